The maximum Gasteiger partial charge on any atom is 0.307 e. The van der Waals surface area contributed by atoms with E-state index in [1.165, 1.54) is 14.2 Å². The van der Waals surface area contributed by atoms with E-state index in [9.17, 15) is 14.4 Å². The van der Waals surface area contributed by atoms with Crippen LogP contribution < -0.4 is 15.2 Å². The Morgan fingerprint density at radius 1 is 1.21 bits per heavy atom. The normalized spacial score (nSPS) is 14.0. The number of nitrogens with two attached hydrogens (primary N) is 1. The molecule has 1 atom stereocenters. The third-order valence-electron chi connectivity index (χ3n) is 4.63. The molecule has 1 aliphatic heterocycles. The first kappa shape index (κ1) is 20.7. The summed E-state index contributed by atoms with van der Waals surface area (Å²) in [6.07, 6.45) is 0.635. The summed E-state index contributed by atoms with van der Waals surface area (Å²) in [5.74, 6) is -0.584. The number of benzene rings is 1. The van der Waals surface area contributed by atoms with E-state index in [0.29, 0.717) is 23.7 Å². The number of hydrogen-bond donors (Lipinski definition) is 1. The van der Waals surface area contributed by atoms with Crippen molar-refractivity contribution >= 4 is 34.1 Å². The van der Waals surface area contributed by atoms with Gasteiger partial charge in [-0.3, -0.25) is 19.3 Å². The topological polar surface area (TPSA) is 108 Å². The highest BCUT2D eigenvalue weighted by atomic mass is 32.1. The van der Waals surface area contributed by atoms with Gasteiger partial charge in [-0.05, 0) is 24.1 Å². The van der Waals surface area contributed by atoms with Gasteiger partial charge in [0.1, 0.15) is 0 Å². The van der Waals surface area contributed by atoms with Crippen molar-refractivity contribution in [1.82, 2.24) is 4.90 Å². The van der Waals surface area contributed by atoms with Crippen LogP contribution >= 0.6 is 11.3 Å². The van der Waals surface area contributed by atoms with Gasteiger partial charge in [0.05, 0.1) is 49.4 Å². The summed E-state index contributed by atoms with van der Waals surface area (Å²) >= 11 is 1.14. The first-order valence-corrected chi connectivity index (χ1v) is 9.93. The summed E-state index contributed by atoms with van der Waals surface area (Å²) < 4.78 is 15.8. The molecule has 0 fully saturated rings. The number of carbonyl (C=O) groups is 3. The van der Waals surface area contributed by atoms with Crippen LogP contribution in [-0.2, 0) is 9.53 Å². The molecule has 0 saturated carbocycles. The van der Waals surface area contributed by atoms with Crippen molar-refractivity contribution in [2.24, 2.45) is 0 Å². The van der Waals surface area contributed by atoms with Crippen LogP contribution in [0.25, 0.3) is 0 Å². The number of amides is 2. The summed E-state index contributed by atoms with van der Waals surface area (Å²) in [4.78, 5) is 39.0. The third-order valence-corrected chi connectivity index (χ3v) is 5.45. The van der Waals surface area contributed by atoms with Crippen LogP contribution in [0.5, 0.6) is 11.5 Å². The molecule has 29 heavy (non-hydrogen) atoms. The van der Waals surface area contributed by atoms with Gasteiger partial charge in [0.2, 0.25) is 0 Å². The Labute approximate surface area is 172 Å². The van der Waals surface area contributed by atoms with Gasteiger partial charge in [0.25, 0.3) is 11.8 Å². The summed E-state index contributed by atoms with van der Waals surface area (Å²) in [6, 6.07) is 4.20. The summed E-state index contributed by atoms with van der Waals surface area (Å²) in [5.41, 5.74) is 6.86. The predicted octanol–water partition coefficient (Wildman–Crippen LogP) is 3.03. The van der Waals surface area contributed by atoms with E-state index in [1.807, 2.05) is 6.92 Å². The van der Waals surface area contributed by atoms with Crippen LogP contribution in [0.4, 0.5) is 5.00 Å². The molecule has 1 aromatic heterocycles. The molecule has 0 aliphatic carbocycles. The fourth-order valence-electron chi connectivity index (χ4n) is 3.20. The minimum atomic E-state index is -0.867. The number of methoxy groups -OCH3 is 2. The van der Waals surface area contributed by atoms with Crippen molar-refractivity contribution in [3.8, 4) is 11.5 Å². The van der Waals surface area contributed by atoms with E-state index in [1.54, 1.807) is 23.6 Å². The molecule has 0 saturated heterocycles. The number of thiophene rings is 1. The van der Waals surface area contributed by atoms with Crippen molar-refractivity contribution < 1.29 is 28.6 Å². The first-order chi connectivity index (χ1) is 13.9. The molecule has 0 spiro atoms. The second kappa shape index (κ2) is 8.52. The average Bonchev–Trinajstić information content (AvgIpc) is 3.23. The molecule has 9 heteroatoms. The molecule has 3 rings (SSSR count). The monoisotopic (exact) mass is 418 g/mol. The fraction of sp³-hybridized carbons (Fsp3) is 0.350. The highest BCUT2D eigenvalue weighted by molar-refractivity contribution is 7.14. The molecule has 1 aromatic carbocycles. The lowest BCUT2D eigenvalue weighted by Crippen LogP contribution is -2.35. The molecule has 1 aliphatic rings. The summed E-state index contributed by atoms with van der Waals surface area (Å²) in [5, 5.41) is 1.83. The van der Waals surface area contributed by atoms with Gasteiger partial charge < -0.3 is 19.9 Å². The van der Waals surface area contributed by atoms with Crippen molar-refractivity contribution in [3.05, 3.63) is 40.3 Å². The zero-order valence-corrected chi connectivity index (χ0v) is 17.2. The Bertz CT molecular complexity index is 954. The zero-order valence-electron chi connectivity index (χ0n) is 16.4. The number of nitrogen functional groups attached to an aromatic ring is 1. The van der Waals surface area contributed by atoms with Crippen LogP contribution in [0.3, 0.4) is 0 Å². The molecule has 0 bridgehead atoms. The highest BCUT2D eigenvalue weighted by Gasteiger charge is 2.43. The van der Waals surface area contributed by atoms with Crippen LogP contribution in [0.1, 0.15) is 52.1 Å². The Morgan fingerprint density at radius 2 is 1.97 bits per heavy atom. The Hall–Kier alpha value is -3.07. The molecule has 2 amide bonds. The minimum absolute atomic E-state index is 0.185. The average molecular weight is 418 g/mol. The number of fused-ring (bicyclic) bond motifs is 1. The number of rotatable bonds is 8. The Balaban J connectivity index is 2.02. The Kier molecular flexibility index (Phi) is 6.07. The second-order valence-electron chi connectivity index (χ2n) is 6.42. The lowest BCUT2D eigenvalue weighted by atomic mass is 10.0. The van der Waals surface area contributed by atoms with Gasteiger partial charge in [0.15, 0.2) is 11.5 Å². The van der Waals surface area contributed by atoms with Gasteiger partial charge in [-0.2, -0.15) is 0 Å². The molecule has 2 heterocycles. The van der Waals surface area contributed by atoms with Crippen LogP contribution in [0, 0.1) is 0 Å². The van der Waals surface area contributed by atoms with E-state index in [0.717, 1.165) is 22.7 Å². The number of hydrogen-bond acceptors (Lipinski definition) is 8. The molecule has 1 unspecified atom stereocenters. The van der Waals surface area contributed by atoms with E-state index >= 15 is 0 Å². The predicted molar refractivity (Wildman–Crippen MR) is 107 cm³/mol. The van der Waals surface area contributed by atoms with E-state index < -0.39 is 23.8 Å². The van der Waals surface area contributed by atoms with Crippen molar-refractivity contribution in [1.29, 1.82) is 0 Å². The van der Waals surface area contributed by atoms with Crippen molar-refractivity contribution in [2.75, 3.05) is 26.6 Å². The zero-order chi connectivity index (χ0) is 21.1. The van der Waals surface area contributed by atoms with E-state index in [4.69, 9.17) is 19.9 Å². The maximum atomic E-state index is 13.0. The number of imide groups is 1. The minimum Gasteiger partial charge on any atom is -0.493 e. The number of anilines is 1. The summed E-state index contributed by atoms with van der Waals surface area (Å²) in [6.45, 7) is 2.51. The Morgan fingerprint density at radius 3 is 2.59 bits per heavy atom. The number of ether oxygens (including phenoxy) is 3. The van der Waals surface area contributed by atoms with Crippen LogP contribution in [0.15, 0.2) is 23.6 Å². The third kappa shape index (κ3) is 3.77. The molecular weight excluding hydrogens is 396 g/mol. The SMILES string of the molecule is CCCOc1ccc(C(CC(=O)OC)N2C(=O)c3csc(N)c3C2=O)cc1OC. The van der Waals surface area contributed by atoms with Crippen molar-refractivity contribution in [2.45, 2.75) is 25.8 Å². The molecule has 8 nitrogen and oxygen atoms in total. The maximum absolute atomic E-state index is 13.0. The number of carbonyl (C=O) groups excluding carboxylic acids is 3. The number of nitrogens with zero attached hydrogens (tertiary/aromatic N) is 1. The molecule has 0 radical (unpaired) electrons. The van der Waals surface area contributed by atoms with Crippen molar-refractivity contribution in [3.63, 3.8) is 0 Å². The largest absolute Gasteiger partial charge is 0.493 e. The van der Waals surface area contributed by atoms with Gasteiger partial charge in [-0.15, -0.1) is 11.3 Å². The van der Waals surface area contributed by atoms with Crippen LogP contribution in [0.2, 0.25) is 0 Å². The van der Waals surface area contributed by atoms with Gasteiger partial charge in [-0.1, -0.05) is 13.0 Å². The molecule has 154 valence electrons. The molecular formula is C20H22N2O6S. The van der Waals surface area contributed by atoms with E-state index in [-0.39, 0.29) is 22.5 Å². The second-order valence-corrected chi connectivity index (χ2v) is 7.33. The molecule has 2 aromatic rings. The standard InChI is InChI=1S/C20H22N2O6S/c1-4-7-28-14-6-5-11(8-15(14)26-2)13(9-16(23)27-3)22-19(24)12-10-29-18(21)17(12)20(22)25/h5-6,8,10,13H,4,7,9,21H2,1-3H3. The fourth-order valence-corrected chi connectivity index (χ4v) is 3.98. The van der Waals surface area contributed by atoms with E-state index in [2.05, 4.69) is 0 Å². The smallest absolute Gasteiger partial charge is 0.307 e. The lowest BCUT2D eigenvalue weighted by Gasteiger charge is -2.26. The molecule has 2 N–H and O–H groups in total. The number of esters is 1. The highest BCUT2D eigenvalue weighted by Crippen LogP contribution is 2.40. The summed E-state index contributed by atoms with van der Waals surface area (Å²) in [7, 11) is 2.75. The van der Waals surface area contributed by atoms with Gasteiger partial charge in [-0.25, -0.2) is 0 Å². The van der Waals surface area contributed by atoms with Crippen LogP contribution in [-0.4, -0.2) is 43.5 Å². The first-order valence-electron chi connectivity index (χ1n) is 9.05. The quantitative estimate of drug-likeness (QED) is 0.518. The van der Waals surface area contributed by atoms with Gasteiger partial charge >= 0.3 is 5.97 Å². The lowest BCUT2D eigenvalue weighted by molar-refractivity contribution is -0.141. The van der Waals surface area contributed by atoms with Gasteiger partial charge in [0, 0.05) is 5.38 Å².